The molecule has 9 heteroatoms. The van der Waals surface area contributed by atoms with Crippen LogP contribution in [-0.4, -0.2) is 60.9 Å². The Bertz CT molecular complexity index is 1300. The van der Waals surface area contributed by atoms with Crippen LogP contribution in [0.5, 0.6) is 0 Å². The molecule has 2 aromatic rings. The number of unbranched alkanes of at least 4 members (excludes halogenated alkanes) is 1. The number of nitrogens with zero attached hydrogens (tertiary/aromatic N) is 1. The molecule has 3 rings (SSSR count). The number of anilines is 1. The molecule has 0 saturated carbocycles. The van der Waals surface area contributed by atoms with E-state index in [4.69, 9.17) is 20.6 Å². The molecular formula is C32H40N4O5. The van der Waals surface area contributed by atoms with Crippen molar-refractivity contribution in [2.24, 2.45) is 11.7 Å². The van der Waals surface area contributed by atoms with E-state index >= 15 is 0 Å². The number of hydrogen-bond donors (Lipinski definition) is 3. The van der Waals surface area contributed by atoms with Gasteiger partial charge in [0.1, 0.15) is 5.84 Å². The molecular weight excluding hydrogens is 520 g/mol. The molecule has 1 aliphatic heterocycles. The number of carbonyl (C=O) groups is 3. The average molecular weight is 561 g/mol. The highest BCUT2D eigenvalue weighted by atomic mass is 16.5. The van der Waals surface area contributed by atoms with E-state index in [1.807, 2.05) is 24.0 Å². The second-order valence-corrected chi connectivity index (χ2v) is 10.1. The molecule has 0 aromatic heterocycles. The van der Waals surface area contributed by atoms with Crippen LogP contribution in [0.2, 0.25) is 0 Å². The summed E-state index contributed by atoms with van der Waals surface area (Å²) in [6.07, 6.45) is 3.48. The summed E-state index contributed by atoms with van der Waals surface area (Å²) in [5.74, 6) is 5.47. The molecule has 1 fully saturated rings. The van der Waals surface area contributed by atoms with E-state index in [-0.39, 0.29) is 29.3 Å². The average Bonchev–Trinajstić information content (AvgIpc) is 3.34. The fourth-order valence-corrected chi connectivity index (χ4v) is 4.80. The Morgan fingerprint density at radius 3 is 2.54 bits per heavy atom. The summed E-state index contributed by atoms with van der Waals surface area (Å²) in [6.45, 7) is 7.58. The second kappa shape index (κ2) is 15.5. The molecule has 9 nitrogen and oxygen atoms in total. The Hall–Kier alpha value is -4.32. The molecule has 2 aromatic carbocycles. The van der Waals surface area contributed by atoms with Gasteiger partial charge < -0.3 is 25.4 Å². The van der Waals surface area contributed by atoms with E-state index in [9.17, 15) is 14.4 Å². The zero-order valence-corrected chi connectivity index (χ0v) is 24.1. The molecule has 0 bridgehead atoms. The van der Waals surface area contributed by atoms with E-state index in [0.29, 0.717) is 61.9 Å². The summed E-state index contributed by atoms with van der Waals surface area (Å²) in [5, 5.41) is 10.9. The molecule has 1 saturated heterocycles. The number of hydrogen-bond acceptors (Lipinski definition) is 7. The number of nitrogens with two attached hydrogens (primary N) is 1. The number of nitrogens with one attached hydrogen (secondary N) is 2. The first-order chi connectivity index (χ1) is 19.7. The highest BCUT2D eigenvalue weighted by Crippen LogP contribution is 2.29. The zero-order chi connectivity index (χ0) is 29.8. The van der Waals surface area contributed by atoms with Gasteiger partial charge in [-0.2, -0.15) is 0 Å². The number of amides is 1. The first kappa shape index (κ1) is 31.2. The Kier molecular flexibility index (Phi) is 11.8. The van der Waals surface area contributed by atoms with Gasteiger partial charge in [-0.1, -0.05) is 32.1 Å². The number of ether oxygens (including phenoxy) is 2. The number of benzene rings is 2. The van der Waals surface area contributed by atoms with Crippen LogP contribution < -0.4 is 11.1 Å². The van der Waals surface area contributed by atoms with Crippen LogP contribution in [0.1, 0.15) is 84.7 Å². The van der Waals surface area contributed by atoms with E-state index in [0.717, 1.165) is 24.8 Å². The number of esters is 2. The molecule has 1 heterocycles. The summed E-state index contributed by atoms with van der Waals surface area (Å²) in [6, 6.07) is 12.2. The Labute approximate surface area is 242 Å². The molecule has 2 atom stereocenters. The highest BCUT2D eigenvalue weighted by Gasteiger charge is 2.35. The zero-order valence-electron chi connectivity index (χ0n) is 24.1. The molecule has 218 valence electrons. The van der Waals surface area contributed by atoms with Crippen LogP contribution >= 0.6 is 0 Å². The molecule has 4 N–H and O–H groups in total. The summed E-state index contributed by atoms with van der Waals surface area (Å²) >= 11 is 0. The van der Waals surface area contributed by atoms with Crippen molar-refractivity contribution in [3.8, 4) is 11.8 Å². The van der Waals surface area contributed by atoms with Crippen molar-refractivity contribution in [2.75, 3.05) is 31.6 Å². The smallest absolute Gasteiger partial charge is 0.338 e. The topological polar surface area (TPSA) is 135 Å². The van der Waals surface area contributed by atoms with Crippen molar-refractivity contribution >= 4 is 29.4 Å². The van der Waals surface area contributed by atoms with Gasteiger partial charge in [-0.15, -0.1) is 0 Å². The summed E-state index contributed by atoms with van der Waals surface area (Å²) < 4.78 is 10.4. The third-order valence-corrected chi connectivity index (χ3v) is 7.10. The first-order valence-corrected chi connectivity index (χ1v) is 14.2. The normalized spacial score (nSPS) is 15.9. The van der Waals surface area contributed by atoms with Crippen LogP contribution in [0.25, 0.3) is 0 Å². The van der Waals surface area contributed by atoms with Crippen molar-refractivity contribution in [3.63, 3.8) is 0 Å². The fraction of sp³-hybridized carbons (Fsp3) is 0.438. The maximum Gasteiger partial charge on any atom is 0.338 e. The van der Waals surface area contributed by atoms with Gasteiger partial charge >= 0.3 is 11.9 Å². The monoisotopic (exact) mass is 560 g/mol. The third kappa shape index (κ3) is 8.84. The first-order valence-electron chi connectivity index (χ1n) is 14.2. The maximum absolute atomic E-state index is 13.2. The summed E-state index contributed by atoms with van der Waals surface area (Å²) in [7, 11) is 0. The Morgan fingerprint density at radius 2 is 1.85 bits per heavy atom. The van der Waals surface area contributed by atoms with E-state index < -0.39 is 5.97 Å². The fourth-order valence-electron chi connectivity index (χ4n) is 4.80. The minimum absolute atomic E-state index is 0.0145. The molecule has 1 aliphatic rings. The van der Waals surface area contributed by atoms with Gasteiger partial charge in [-0.3, -0.25) is 15.0 Å². The van der Waals surface area contributed by atoms with Gasteiger partial charge in [-0.25, -0.2) is 4.79 Å². The lowest BCUT2D eigenvalue weighted by atomic mass is 9.98. The highest BCUT2D eigenvalue weighted by molar-refractivity contribution is 6.06. The predicted molar refractivity (Wildman–Crippen MR) is 159 cm³/mol. The van der Waals surface area contributed by atoms with Gasteiger partial charge in [0, 0.05) is 41.4 Å². The number of likely N-dealkylation sites (tertiary alicyclic amines) is 1. The quantitative estimate of drug-likeness (QED) is 0.114. The van der Waals surface area contributed by atoms with Gasteiger partial charge in [-0.05, 0) is 74.6 Å². The van der Waals surface area contributed by atoms with Crippen molar-refractivity contribution in [2.45, 2.75) is 58.9 Å². The van der Waals surface area contributed by atoms with Crippen molar-refractivity contribution < 1.29 is 23.9 Å². The van der Waals surface area contributed by atoms with E-state index in [1.165, 1.54) is 0 Å². The molecule has 0 radical (unpaired) electrons. The minimum Gasteiger partial charge on any atom is -0.466 e. The molecule has 0 aliphatic carbocycles. The standard InChI is InChI=1S/C32H40N4O5/c1-4-6-20-41-32(39)27-21-25(13-14-26(27)30(33)34)35-18-7-8-23-9-11-24(12-10-23)31(38)36-19-17-22(3)28(36)15-16-29(37)40-5-2/h9-14,21-22,28,35H,4-6,15-20H2,1-3H3,(H3,33,34). The lowest BCUT2D eigenvalue weighted by Crippen LogP contribution is -2.37. The molecule has 0 spiro atoms. The lowest BCUT2D eigenvalue weighted by molar-refractivity contribution is -0.143. The maximum atomic E-state index is 13.2. The number of nitrogen functional groups attached to an aromatic ring is 1. The second-order valence-electron chi connectivity index (χ2n) is 10.1. The van der Waals surface area contributed by atoms with E-state index in [2.05, 4.69) is 24.1 Å². The summed E-state index contributed by atoms with van der Waals surface area (Å²) in [5.41, 5.74) is 8.23. The minimum atomic E-state index is -0.512. The van der Waals surface area contributed by atoms with Crippen molar-refractivity contribution in [1.29, 1.82) is 5.41 Å². The SMILES string of the molecule is CCCCOC(=O)c1cc(NCC#Cc2ccc(C(=O)N3CCC(C)C3CCC(=O)OCC)cc2)ccc1C(=N)N. The molecule has 1 amide bonds. The number of rotatable bonds is 12. The number of amidine groups is 1. The van der Waals surface area contributed by atoms with Crippen LogP contribution in [0, 0.1) is 23.2 Å². The summed E-state index contributed by atoms with van der Waals surface area (Å²) in [4.78, 5) is 39.4. The lowest BCUT2D eigenvalue weighted by Gasteiger charge is -2.27. The van der Waals surface area contributed by atoms with Gasteiger partial charge in [0.25, 0.3) is 5.91 Å². The van der Waals surface area contributed by atoms with Gasteiger partial charge in [0.2, 0.25) is 0 Å². The third-order valence-electron chi connectivity index (χ3n) is 7.10. The van der Waals surface area contributed by atoms with Crippen LogP contribution in [-0.2, 0) is 14.3 Å². The Morgan fingerprint density at radius 1 is 1.10 bits per heavy atom. The molecule has 41 heavy (non-hydrogen) atoms. The largest absolute Gasteiger partial charge is 0.466 e. The van der Waals surface area contributed by atoms with Gasteiger partial charge in [0.05, 0.1) is 25.3 Å². The van der Waals surface area contributed by atoms with Crippen LogP contribution in [0.15, 0.2) is 42.5 Å². The number of carbonyl (C=O) groups excluding carboxylic acids is 3. The predicted octanol–water partition coefficient (Wildman–Crippen LogP) is 4.59. The van der Waals surface area contributed by atoms with Crippen LogP contribution in [0.4, 0.5) is 5.69 Å². The van der Waals surface area contributed by atoms with Gasteiger partial charge in [0.15, 0.2) is 0 Å². The molecule has 2 unspecified atom stereocenters. The van der Waals surface area contributed by atoms with E-state index in [1.54, 1.807) is 37.3 Å². The van der Waals surface area contributed by atoms with Crippen LogP contribution in [0.3, 0.4) is 0 Å². The Balaban J connectivity index is 1.59. The van der Waals surface area contributed by atoms with Crippen molar-refractivity contribution in [3.05, 3.63) is 64.7 Å². The van der Waals surface area contributed by atoms with Crippen molar-refractivity contribution in [1.82, 2.24) is 4.90 Å².